The average molecular weight is 323 g/mol. The number of para-hydroxylation sites is 1. The average Bonchev–Trinajstić information content (AvgIpc) is 2.38. The number of hydrogen-bond donors (Lipinski definition) is 1. The van der Waals surface area contributed by atoms with E-state index in [1.165, 1.54) is 26.0 Å². The zero-order valence-electron chi connectivity index (χ0n) is 11.7. The number of nitrogens with one attached hydrogen (secondary N) is 1. The fourth-order valence-electron chi connectivity index (χ4n) is 1.48. The predicted octanol–water partition coefficient (Wildman–Crippen LogP) is 4.77. The summed E-state index contributed by atoms with van der Waals surface area (Å²) in [6, 6.07) is 7.77. The fourth-order valence-corrected chi connectivity index (χ4v) is 2.95. The summed E-state index contributed by atoms with van der Waals surface area (Å²) < 4.78 is 61.1. The third-order valence-corrected chi connectivity index (χ3v) is 4.07. The molecule has 1 rings (SSSR count). The Morgan fingerprint density at radius 2 is 1.71 bits per heavy atom. The number of hydrogen-bond acceptors (Lipinski definition) is 4. The number of benzene rings is 1. The van der Waals surface area contributed by atoms with Gasteiger partial charge in [0, 0.05) is 5.69 Å². The minimum absolute atomic E-state index is 0.0236. The van der Waals surface area contributed by atoms with Gasteiger partial charge in [-0.05, 0) is 26.0 Å². The minimum Gasteiger partial charge on any atom is -0.351 e. The van der Waals surface area contributed by atoms with Crippen LogP contribution < -0.4 is 5.32 Å². The molecular formula is C13H17F3NO3P. The highest BCUT2D eigenvalue weighted by molar-refractivity contribution is 7.57. The molecule has 0 unspecified atom stereocenters. The maximum atomic E-state index is 13.1. The van der Waals surface area contributed by atoms with Crippen molar-refractivity contribution < 1.29 is 26.8 Å². The Balaban J connectivity index is 3.12. The Kier molecular flexibility index (Phi) is 6.45. The molecule has 0 aliphatic carbocycles. The SMILES string of the molecule is CCOP(=O)(/C=C(/Nc1ccccc1)C(F)(F)F)OCC. The molecule has 1 aromatic rings. The van der Waals surface area contributed by atoms with E-state index in [4.69, 9.17) is 9.05 Å². The molecule has 8 heteroatoms. The van der Waals surface area contributed by atoms with Crippen LogP contribution >= 0.6 is 7.60 Å². The van der Waals surface area contributed by atoms with Gasteiger partial charge in [0.05, 0.1) is 19.0 Å². The molecule has 1 aromatic carbocycles. The van der Waals surface area contributed by atoms with E-state index in [2.05, 4.69) is 5.32 Å². The van der Waals surface area contributed by atoms with Gasteiger partial charge in [-0.15, -0.1) is 0 Å². The van der Waals surface area contributed by atoms with Crippen LogP contribution in [-0.4, -0.2) is 19.4 Å². The van der Waals surface area contributed by atoms with Crippen LogP contribution in [0, 0.1) is 0 Å². The second-order valence-electron chi connectivity index (χ2n) is 3.91. The van der Waals surface area contributed by atoms with E-state index in [9.17, 15) is 17.7 Å². The first kappa shape index (κ1) is 17.8. The van der Waals surface area contributed by atoms with E-state index >= 15 is 0 Å². The Labute approximate surface area is 121 Å². The van der Waals surface area contributed by atoms with Crippen molar-refractivity contribution in [1.82, 2.24) is 0 Å². The van der Waals surface area contributed by atoms with Gasteiger partial charge < -0.3 is 14.4 Å². The largest absolute Gasteiger partial charge is 0.431 e. The van der Waals surface area contributed by atoms with Crippen molar-refractivity contribution in [2.45, 2.75) is 20.0 Å². The topological polar surface area (TPSA) is 47.6 Å². The van der Waals surface area contributed by atoms with Crippen molar-refractivity contribution in [3.63, 3.8) is 0 Å². The first-order valence-electron chi connectivity index (χ1n) is 6.31. The monoisotopic (exact) mass is 323 g/mol. The van der Waals surface area contributed by atoms with Gasteiger partial charge in [0.25, 0.3) is 0 Å². The van der Waals surface area contributed by atoms with Gasteiger partial charge in [-0.1, -0.05) is 18.2 Å². The Bertz CT molecular complexity index is 507. The maximum absolute atomic E-state index is 13.1. The molecule has 21 heavy (non-hydrogen) atoms. The number of halogens is 3. The van der Waals surface area contributed by atoms with Gasteiger partial charge in [0.1, 0.15) is 5.70 Å². The van der Waals surface area contributed by atoms with E-state index in [-0.39, 0.29) is 18.9 Å². The van der Waals surface area contributed by atoms with Crippen molar-refractivity contribution in [3.8, 4) is 0 Å². The summed E-state index contributed by atoms with van der Waals surface area (Å²) in [5.74, 6) is 0.479. The van der Waals surface area contributed by atoms with Gasteiger partial charge in [-0.3, -0.25) is 4.57 Å². The van der Waals surface area contributed by atoms with E-state index in [1.54, 1.807) is 18.2 Å². The lowest BCUT2D eigenvalue weighted by atomic mass is 10.3. The second kappa shape index (κ2) is 7.64. The highest BCUT2D eigenvalue weighted by atomic mass is 31.2. The number of alkyl halides is 3. The Morgan fingerprint density at radius 1 is 1.19 bits per heavy atom. The van der Waals surface area contributed by atoms with Crippen molar-refractivity contribution >= 4 is 13.3 Å². The first-order chi connectivity index (χ1) is 9.80. The zero-order chi connectivity index (χ0) is 15.9. The van der Waals surface area contributed by atoms with Gasteiger partial charge in [-0.25, -0.2) is 0 Å². The molecule has 1 N–H and O–H groups in total. The van der Waals surface area contributed by atoms with Gasteiger partial charge in [0.15, 0.2) is 0 Å². The van der Waals surface area contributed by atoms with Crippen molar-refractivity contribution in [2.24, 2.45) is 0 Å². The molecule has 0 aromatic heterocycles. The maximum Gasteiger partial charge on any atom is 0.431 e. The predicted molar refractivity (Wildman–Crippen MR) is 75.1 cm³/mol. The summed E-state index contributed by atoms with van der Waals surface area (Å²) >= 11 is 0. The van der Waals surface area contributed by atoms with E-state index < -0.39 is 19.5 Å². The van der Waals surface area contributed by atoms with Crippen LogP contribution in [0.2, 0.25) is 0 Å². The fraction of sp³-hybridized carbons (Fsp3) is 0.385. The molecule has 0 aliphatic rings. The van der Waals surface area contributed by atoms with Crippen molar-refractivity contribution in [1.29, 1.82) is 0 Å². The van der Waals surface area contributed by atoms with Crippen LogP contribution in [-0.2, 0) is 13.6 Å². The molecule has 0 bridgehead atoms. The normalized spacial score (nSPS) is 13.3. The Hall–Kier alpha value is -1.30. The van der Waals surface area contributed by atoms with Crippen LogP contribution in [0.4, 0.5) is 18.9 Å². The van der Waals surface area contributed by atoms with Gasteiger partial charge in [0.2, 0.25) is 0 Å². The molecule has 0 spiro atoms. The molecule has 0 atom stereocenters. The molecule has 118 valence electrons. The molecule has 0 amide bonds. The third-order valence-electron chi connectivity index (χ3n) is 2.26. The van der Waals surface area contributed by atoms with Crippen LogP contribution in [0.15, 0.2) is 41.8 Å². The molecule has 0 radical (unpaired) electrons. The zero-order valence-corrected chi connectivity index (χ0v) is 12.6. The Morgan fingerprint density at radius 3 is 2.14 bits per heavy atom. The van der Waals surface area contributed by atoms with Crippen LogP contribution in [0.5, 0.6) is 0 Å². The van der Waals surface area contributed by atoms with Crippen molar-refractivity contribution in [3.05, 3.63) is 41.8 Å². The van der Waals surface area contributed by atoms with E-state index in [0.717, 1.165) is 0 Å². The lowest BCUT2D eigenvalue weighted by Gasteiger charge is -2.18. The molecular weight excluding hydrogens is 306 g/mol. The molecule has 0 fully saturated rings. The lowest BCUT2D eigenvalue weighted by Crippen LogP contribution is -2.19. The lowest BCUT2D eigenvalue weighted by molar-refractivity contribution is -0.0902. The summed E-state index contributed by atoms with van der Waals surface area (Å²) in [5.41, 5.74) is -0.959. The molecule has 4 nitrogen and oxygen atoms in total. The second-order valence-corrected chi connectivity index (χ2v) is 5.76. The molecule has 0 saturated heterocycles. The highest BCUT2D eigenvalue weighted by Crippen LogP contribution is 2.52. The minimum atomic E-state index is -4.71. The van der Waals surface area contributed by atoms with Gasteiger partial charge >= 0.3 is 13.8 Å². The van der Waals surface area contributed by atoms with E-state index in [1.807, 2.05) is 0 Å². The smallest absolute Gasteiger partial charge is 0.351 e. The standard InChI is InChI=1S/C13H17F3NO3P/c1-3-19-21(18,20-4-2)10-12(13(14,15)16)17-11-8-6-5-7-9-11/h5-10,17H,3-4H2,1-2H3/b12-10+. The highest BCUT2D eigenvalue weighted by Gasteiger charge is 2.37. The van der Waals surface area contributed by atoms with Crippen molar-refractivity contribution in [2.75, 3.05) is 18.5 Å². The number of anilines is 1. The quantitative estimate of drug-likeness (QED) is 0.734. The summed E-state index contributed by atoms with van der Waals surface area (Å²) in [5, 5.41) is 2.20. The van der Waals surface area contributed by atoms with Crippen LogP contribution in [0.25, 0.3) is 0 Å². The molecule has 0 aliphatic heterocycles. The van der Waals surface area contributed by atoms with Crippen LogP contribution in [0.3, 0.4) is 0 Å². The number of allylic oxidation sites excluding steroid dienone is 1. The van der Waals surface area contributed by atoms with E-state index in [0.29, 0.717) is 5.82 Å². The first-order valence-corrected chi connectivity index (χ1v) is 7.93. The molecule has 0 heterocycles. The van der Waals surface area contributed by atoms with Crippen LogP contribution in [0.1, 0.15) is 13.8 Å². The summed E-state index contributed by atoms with van der Waals surface area (Å²) in [6.07, 6.45) is -4.71. The third kappa shape index (κ3) is 5.91. The summed E-state index contributed by atoms with van der Waals surface area (Å²) in [7, 11) is -3.95. The summed E-state index contributed by atoms with van der Waals surface area (Å²) in [4.78, 5) is 0. The number of rotatable bonds is 7. The molecule has 0 saturated carbocycles. The van der Waals surface area contributed by atoms with Gasteiger partial charge in [-0.2, -0.15) is 13.2 Å². The summed E-state index contributed by atoms with van der Waals surface area (Å²) in [6.45, 7) is 3.00.